The van der Waals surface area contributed by atoms with Gasteiger partial charge in [-0.15, -0.1) is 0 Å². The topological polar surface area (TPSA) is 132 Å². The van der Waals surface area contributed by atoms with Gasteiger partial charge < -0.3 is 18.2 Å². The summed E-state index contributed by atoms with van der Waals surface area (Å²) in [6, 6.07) is 20.1. The second kappa shape index (κ2) is 11.8. The molecule has 0 spiro atoms. The maximum Gasteiger partial charge on any atom is 0.340 e. The Balaban J connectivity index is 1.16. The van der Waals surface area contributed by atoms with Gasteiger partial charge in [-0.05, 0) is 48.9 Å². The monoisotopic (exact) mass is 565 g/mol. The number of nitrogens with zero attached hydrogens (tertiary/aromatic N) is 3. The molecule has 1 aliphatic rings. The highest BCUT2D eigenvalue weighted by atomic mass is 32.2. The van der Waals surface area contributed by atoms with Gasteiger partial charge in [-0.1, -0.05) is 18.2 Å². The van der Waals surface area contributed by atoms with Gasteiger partial charge in [0.2, 0.25) is 0 Å². The smallest absolute Gasteiger partial charge is 0.340 e. The van der Waals surface area contributed by atoms with Gasteiger partial charge in [0.1, 0.15) is 16.2 Å². The van der Waals surface area contributed by atoms with E-state index in [-0.39, 0.29) is 21.9 Å². The zero-order valence-corrected chi connectivity index (χ0v) is 22.3. The second-order valence-corrected chi connectivity index (χ2v) is 10.8. The summed E-state index contributed by atoms with van der Waals surface area (Å²) in [5.74, 6) is 0.359. The van der Waals surface area contributed by atoms with Crippen molar-refractivity contribution < 1.29 is 26.7 Å². The number of fused-ring (bicyclic) bond motifs is 1. The van der Waals surface area contributed by atoms with E-state index < -0.39 is 20.7 Å². The van der Waals surface area contributed by atoms with Crippen molar-refractivity contribution >= 4 is 32.5 Å². The molecule has 12 heteroatoms. The molecule has 208 valence electrons. The molecular formula is C28H27N3O8S. The molecule has 0 amide bonds. The van der Waals surface area contributed by atoms with Crippen LogP contribution in [-0.4, -0.2) is 57.6 Å². The van der Waals surface area contributed by atoms with Crippen molar-refractivity contribution in [2.75, 3.05) is 44.2 Å². The summed E-state index contributed by atoms with van der Waals surface area (Å²) < 4.78 is 41.9. The van der Waals surface area contributed by atoms with E-state index in [1.54, 1.807) is 48.5 Å². The molecule has 0 saturated carbocycles. The molecule has 40 heavy (non-hydrogen) atoms. The number of nitro benzene ring substituents is 1. The van der Waals surface area contributed by atoms with E-state index >= 15 is 0 Å². The van der Waals surface area contributed by atoms with E-state index in [9.17, 15) is 23.3 Å². The first-order valence-corrected chi connectivity index (χ1v) is 14.1. The number of ether oxygens (including phenoxy) is 1. The highest BCUT2D eigenvalue weighted by Crippen LogP contribution is 2.30. The van der Waals surface area contributed by atoms with Crippen LogP contribution in [-0.2, 0) is 10.1 Å². The van der Waals surface area contributed by atoms with Crippen molar-refractivity contribution in [3.8, 4) is 11.5 Å². The number of anilines is 1. The van der Waals surface area contributed by atoms with Gasteiger partial charge >= 0.3 is 15.7 Å². The lowest BCUT2D eigenvalue weighted by Crippen LogP contribution is -2.46. The molecule has 0 bridgehead atoms. The van der Waals surface area contributed by atoms with Gasteiger partial charge in [0.25, 0.3) is 5.69 Å². The lowest BCUT2D eigenvalue weighted by atomic mass is 10.2. The van der Waals surface area contributed by atoms with Gasteiger partial charge in [-0.2, -0.15) is 8.42 Å². The summed E-state index contributed by atoms with van der Waals surface area (Å²) in [5.41, 5.74) is 0.511. The van der Waals surface area contributed by atoms with Crippen molar-refractivity contribution in [2.24, 2.45) is 0 Å². The third-order valence-electron chi connectivity index (χ3n) is 6.59. The Morgan fingerprint density at radius 3 is 2.35 bits per heavy atom. The number of hydrogen-bond donors (Lipinski definition) is 0. The summed E-state index contributed by atoms with van der Waals surface area (Å²) >= 11 is 0. The zero-order chi connectivity index (χ0) is 28.1. The Hall–Kier alpha value is -4.42. The fourth-order valence-corrected chi connectivity index (χ4v) is 5.48. The summed E-state index contributed by atoms with van der Waals surface area (Å²) in [7, 11) is -4.15. The normalized spacial score (nSPS) is 14.2. The minimum absolute atomic E-state index is 0.0302. The molecule has 5 rings (SSSR count). The molecule has 2 heterocycles. The van der Waals surface area contributed by atoms with Crippen LogP contribution in [0.3, 0.4) is 0 Å². The number of piperazine rings is 1. The van der Waals surface area contributed by atoms with Gasteiger partial charge in [0.15, 0.2) is 5.75 Å². The molecule has 1 saturated heterocycles. The van der Waals surface area contributed by atoms with E-state index in [0.29, 0.717) is 17.7 Å². The van der Waals surface area contributed by atoms with Crippen LogP contribution in [0.15, 0.2) is 93.0 Å². The van der Waals surface area contributed by atoms with Crippen LogP contribution in [0.1, 0.15) is 6.42 Å². The molecular weight excluding hydrogens is 538 g/mol. The standard InChI is InChI=1S/C28H27N3O8S/c32-28-20-27(39-40(35,36)24-5-2-1-3-6-24)25-19-23(11-12-26(25)38-28)37-18-4-13-29-14-16-30(17-15-29)21-7-9-22(10-8-21)31(33)34/h1-3,5-12,19-20H,4,13-18H2. The van der Waals surface area contributed by atoms with Gasteiger partial charge in [-0.3, -0.25) is 15.0 Å². The largest absolute Gasteiger partial charge is 0.494 e. The minimum atomic E-state index is -4.15. The fraction of sp³-hybridized carbons (Fsp3) is 0.250. The molecule has 0 atom stereocenters. The Labute approximate surface area is 230 Å². The first-order chi connectivity index (χ1) is 19.3. The summed E-state index contributed by atoms with van der Waals surface area (Å²) in [6.07, 6.45) is 0.769. The van der Waals surface area contributed by atoms with E-state index in [1.807, 2.05) is 0 Å². The first kappa shape index (κ1) is 27.2. The van der Waals surface area contributed by atoms with Crippen molar-refractivity contribution in [3.05, 3.63) is 99.4 Å². The van der Waals surface area contributed by atoms with Crippen LogP contribution < -0.4 is 19.4 Å². The summed E-state index contributed by atoms with van der Waals surface area (Å²) in [5, 5.41) is 11.2. The van der Waals surface area contributed by atoms with Crippen molar-refractivity contribution in [3.63, 3.8) is 0 Å². The molecule has 1 aliphatic heterocycles. The maximum atomic E-state index is 12.7. The van der Waals surface area contributed by atoms with Crippen molar-refractivity contribution in [1.29, 1.82) is 0 Å². The molecule has 0 N–H and O–H groups in total. The number of nitro groups is 1. The van der Waals surface area contributed by atoms with E-state index in [1.165, 1.54) is 24.3 Å². The zero-order valence-electron chi connectivity index (χ0n) is 21.5. The predicted molar refractivity (Wildman–Crippen MR) is 149 cm³/mol. The molecule has 0 unspecified atom stereocenters. The molecule has 11 nitrogen and oxygen atoms in total. The van der Waals surface area contributed by atoms with Crippen molar-refractivity contribution in [1.82, 2.24) is 4.90 Å². The lowest BCUT2D eigenvalue weighted by Gasteiger charge is -2.36. The van der Waals surface area contributed by atoms with Crippen LogP contribution in [0.5, 0.6) is 11.5 Å². The molecule has 0 aliphatic carbocycles. The van der Waals surface area contributed by atoms with Gasteiger partial charge in [-0.25, -0.2) is 4.79 Å². The quantitative estimate of drug-likeness (QED) is 0.0911. The van der Waals surface area contributed by atoms with Gasteiger partial charge in [0, 0.05) is 50.5 Å². The van der Waals surface area contributed by atoms with Gasteiger partial charge in [0.05, 0.1) is 23.0 Å². The fourth-order valence-electron chi connectivity index (χ4n) is 4.52. The third-order valence-corrected chi connectivity index (χ3v) is 7.84. The molecule has 1 fully saturated rings. The minimum Gasteiger partial charge on any atom is -0.494 e. The second-order valence-electron chi connectivity index (χ2n) is 9.24. The van der Waals surface area contributed by atoms with Crippen LogP contribution in [0.2, 0.25) is 0 Å². The highest BCUT2D eigenvalue weighted by Gasteiger charge is 2.20. The number of hydrogen-bond acceptors (Lipinski definition) is 10. The van der Waals surface area contributed by atoms with Crippen molar-refractivity contribution in [2.45, 2.75) is 11.3 Å². The first-order valence-electron chi connectivity index (χ1n) is 12.7. The Morgan fingerprint density at radius 2 is 1.65 bits per heavy atom. The number of non-ortho nitro benzene ring substituents is 1. The average molecular weight is 566 g/mol. The van der Waals surface area contributed by atoms with E-state index in [2.05, 4.69) is 9.80 Å². The lowest BCUT2D eigenvalue weighted by molar-refractivity contribution is -0.384. The highest BCUT2D eigenvalue weighted by molar-refractivity contribution is 7.87. The third kappa shape index (κ3) is 6.41. The molecule has 3 aromatic carbocycles. The maximum absolute atomic E-state index is 12.7. The Morgan fingerprint density at radius 1 is 0.925 bits per heavy atom. The predicted octanol–water partition coefficient (Wildman–Crippen LogP) is 4.06. The number of benzene rings is 3. The van der Waals surface area contributed by atoms with Crippen LogP contribution in [0, 0.1) is 10.1 Å². The molecule has 1 aromatic heterocycles. The number of rotatable bonds is 10. The average Bonchev–Trinajstić information content (AvgIpc) is 2.96. The Bertz CT molecular complexity index is 1650. The molecule has 4 aromatic rings. The molecule has 0 radical (unpaired) electrons. The van der Waals surface area contributed by atoms with Crippen LogP contribution in [0.25, 0.3) is 11.0 Å². The van der Waals surface area contributed by atoms with E-state index in [0.717, 1.165) is 50.9 Å². The summed E-state index contributed by atoms with van der Waals surface area (Å²) in [6.45, 7) is 4.64. The summed E-state index contributed by atoms with van der Waals surface area (Å²) in [4.78, 5) is 27.0. The Kier molecular flexibility index (Phi) is 7.99. The SMILES string of the molecule is O=c1cc(OS(=O)(=O)c2ccccc2)c2cc(OCCCN3CCN(c4ccc([N+](=O)[O-])cc4)CC3)ccc2o1. The van der Waals surface area contributed by atoms with Crippen LogP contribution in [0.4, 0.5) is 11.4 Å². The van der Waals surface area contributed by atoms with E-state index in [4.69, 9.17) is 13.3 Å². The van der Waals surface area contributed by atoms with Crippen LogP contribution >= 0.6 is 0 Å².